The van der Waals surface area contributed by atoms with Crippen LogP contribution in [0.4, 0.5) is 0 Å². The van der Waals surface area contributed by atoms with E-state index in [9.17, 15) is 29.4 Å². The molecule has 0 fully saturated rings. The molecule has 2 N–H and O–H groups in total. The zero-order chi connectivity index (χ0) is 20.6. The third-order valence-corrected chi connectivity index (χ3v) is 4.10. The first-order chi connectivity index (χ1) is 13.3. The van der Waals surface area contributed by atoms with Crippen molar-refractivity contribution in [3.05, 3.63) is 33.2 Å². The lowest BCUT2D eigenvalue weighted by Gasteiger charge is -2.25. The van der Waals surface area contributed by atoms with Crippen molar-refractivity contribution in [2.24, 2.45) is 0 Å². The average Bonchev–Trinajstić information content (AvgIpc) is 2.64. The molecule has 0 aliphatic carbocycles. The number of esters is 3. The van der Waals surface area contributed by atoms with Crippen molar-refractivity contribution in [2.75, 3.05) is 13.2 Å². The van der Waals surface area contributed by atoms with Gasteiger partial charge in [-0.2, -0.15) is 0 Å². The van der Waals surface area contributed by atoms with Crippen LogP contribution in [-0.4, -0.2) is 41.3 Å². The molecule has 1 aliphatic rings. The van der Waals surface area contributed by atoms with Crippen LogP contribution in [0, 0.1) is 0 Å². The molecule has 148 valence electrons. The van der Waals surface area contributed by atoms with Crippen molar-refractivity contribution < 1.29 is 43.2 Å². The number of carbonyl (C=O) groups is 3. The summed E-state index contributed by atoms with van der Waals surface area (Å²) in [4.78, 5) is 49.1. The third-order valence-electron chi connectivity index (χ3n) is 4.10. The number of hydrogen-bond donors (Lipinski definition) is 2. The van der Waals surface area contributed by atoms with Crippen LogP contribution in [-0.2, 0) is 30.2 Å². The van der Waals surface area contributed by atoms with Gasteiger partial charge in [-0.1, -0.05) is 0 Å². The van der Waals surface area contributed by atoms with E-state index in [1.54, 1.807) is 6.92 Å². The minimum atomic E-state index is -1.65. The molecule has 0 radical (unpaired) electrons. The Balaban J connectivity index is 2.38. The Bertz CT molecular complexity index is 1050. The highest BCUT2D eigenvalue weighted by atomic mass is 16.6. The lowest BCUT2D eigenvalue weighted by molar-refractivity contribution is -0.154. The average molecular weight is 392 g/mol. The molecule has 0 bridgehead atoms. The van der Waals surface area contributed by atoms with E-state index >= 15 is 0 Å². The van der Waals surface area contributed by atoms with Crippen LogP contribution in [0.15, 0.2) is 15.3 Å². The molecule has 2 heterocycles. The molecule has 1 aromatic heterocycles. The number of cyclic esters (lactones) is 1. The molecule has 3 rings (SSSR count). The lowest BCUT2D eigenvalue weighted by atomic mass is 9.91. The van der Waals surface area contributed by atoms with Gasteiger partial charge in [-0.05, 0) is 19.9 Å². The molecule has 2 aromatic rings. The van der Waals surface area contributed by atoms with Crippen molar-refractivity contribution in [1.29, 1.82) is 0 Å². The van der Waals surface area contributed by atoms with Gasteiger partial charge in [0.15, 0.2) is 11.3 Å². The summed E-state index contributed by atoms with van der Waals surface area (Å²) in [7, 11) is 0. The Morgan fingerprint density at radius 3 is 2.46 bits per heavy atom. The van der Waals surface area contributed by atoms with Crippen molar-refractivity contribution >= 4 is 28.9 Å². The summed E-state index contributed by atoms with van der Waals surface area (Å²) in [6.45, 7) is 3.14. The number of ether oxygens (including phenoxy) is 3. The van der Waals surface area contributed by atoms with Gasteiger partial charge >= 0.3 is 23.5 Å². The van der Waals surface area contributed by atoms with Gasteiger partial charge in [0, 0.05) is 10.9 Å². The molecule has 1 aromatic carbocycles. The van der Waals surface area contributed by atoms with Crippen LogP contribution in [0.3, 0.4) is 0 Å². The lowest BCUT2D eigenvalue weighted by Crippen LogP contribution is -2.30. The normalized spacial score (nSPS) is 15.2. The van der Waals surface area contributed by atoms with Gasteiger partial charge in [0.1, 0.15) is 0 Å². The zero-order valence-electron chi connectivity index (χ0n) is 14.9. The molecule has 0 spiro atoms. The van der Waals surface area contributed by atoms with Gasteiger partial charge in [-0.3, -0.25) is 4.79 Å². The predicted octanol–water partition coefficient (Wildman–Crippen LogP) is 1.08. The largest absolute Gasteiger partial charge is 0.504 e. The highest BCUT2D eigenvalue weighted by Gasteiger charge is 2.40. The summed E-state index contributed by atoms with van der Waals surface area (Å²) in [6.07, 6.45) is -2.21. The van der Waals surface area contributed by atoms with Crippen LogP contribution < -0.4 is 5.63 Å². The Hall–Kier alpha value is -3.56. The van der Waals surface area contributed by atoms with Crippen LogP contribution >= 0.6 is 0 Å². The number of phenolic OH excluding ortho intramolecular Hbond substituents is 2. The number of aromatic hydroxyl groups is 2. The first-order valence-corrected chi connectivity index (χ1v) is 8.37. The fourth-order valence-corrected chi connectivity index (χ4v) is 3.00. The van der Waals surface area contributed by atoms with Crippen LogP contribution in [0.25, 0.3) is 11.0 Å². The van der Waals surface area contributed by atoms with E-state index in [0.717, 1.165) is 6.07 Å². The van der Waals surface area contributed by atoms with E-state index in [4.69, 9.17) is 18.6 Å². The van der Waals surface area contributed by atoms with Crippen molar-refractivity contribution in [3.8, 4) is 11.5 Å². The van der Waals surface area contributed by atoms with Crippen molar-refractivity contribution in [1.82, 2.24) is 0 Å². The van der Waals surface area contributed by atoms with Gasteiger partial charge in [0.05, 0.1) is 30.8 Å². The quantitative estimate of drug-likeness (QED) is 0.327. The van der Waals surface area contributed by atoms with E-state index in [0.29, 0.717) is 0 Å². The second kappa shape index (κ2) is 7.22. The maximum Gasteiger partial charge on any atom is 0.352 e. The first kappa shape index (κ1) is 19.2. The summed E-state index contributed by atoms with van der Waals surface area (Å²) < 4.78 is 19.9. The van der Waals surface area contributed by atoms with E-state index in [1.165, 1.54) is 6.92 Å². The molecule has 0 unspecified atom stereocenters. The first-order valence-electron chi connectivity index (χ1n) is 8.37. The van der Waals surface area contributed by atoms with Gasteiger partial charge < -0.3 is 28.8 Å². The predicted molar refractivity (Wildman–Crippen MR) is 90.9 cm³/mol. The standard InChI is InChI=1S/C18H16O10/c1-3-25-10(20)6-8-12-11-7(16(22)28-15(12)18(24)26-4-2)5-9(19)13(21)14(11)27-17(8)23/h5,15,19,21H,3-4,6H2,1-2H3/t15-/m0/s1. The van der Waals surface area contributed by atoms with Crippen molar-refractivity contribution in [2.45, 2.75) is 26.4 Å². The molecule has 1 aliphatic heterocycles. The number of carbonyl (C=O) groups excluding carboxylic acids is 3. The highest BCUT2D eigenvalue weighted by molar-refractivity contribution is 6.11. The molecule has 0 amide bonds. The fourth-order valence-electron chi connectivity index (χ4n) is 3.00. The molecule has 1 atom stereocenters. The summed E-state index contributed by atoms with van der Waals surface area (Å²) >= 11 is 0. The topological polar surface area (TPSA) is 150 Å². The Kier molecular flexibility index (Phi) is 4.95. The molecule has 10 heteroatoms. The van der Waals surface area contributed by atoms with Crippen molar-refractivity contribution in [3.63, 3.8) is 0 Å². The van der Waals surface area contributed by atoms with Gasteiger partial charge in [-0.25, -0.2) is 14.4 Å². The number of rotatable bonds is 5. The molecule has 0 saturated carbocycles. The maximum atomic E-state index is 12.5. The molecular formula is C18H16O10. The van der Waals surface area contributed by atoms with Crippen LogP contribution in [0.2, 0.25) is 0 Å². The summed E-state index contributed by atoms with van der Waals surface area (Å²) in [5, 5.41) is 19.8. The second-order valence-electron chi connectivity index (χ2n) is 5.80. The van der Waals surface area contributed by atoms with Gasteiger partial charge in [0.2, 0.25) is 11.9 Å². The number of phenols is 2. The monoisotopic (exact) mass is 392 g/mol. The fraction of sp³-hybridized carbons (Fsp3) is 0.333. The molecule has 10 nitrogen and oxygen atoms in total. The molecule has 28 heavy (non-hydrogen) atoms. The Morgan fingerprint density at radius 2 is 1.82 bits per heavy atom. The molecular weight excluding hydrogens is 376 g/mol. The highest BCUT2D eigenvalue weighted by Crippen LogP contribution is 2.43. The minimum absolute atomic E-state index is 0.0294. The third kappa shape index (κ3) is 3.02. The number of benzene rings is 1. The second-order valence-corrected chi connectivity index (χ2v) is 5.80. The van der Waals surface area contributed by atoms with Crippen LogP contribution in [0.1, 0.15) is 41.4 Å². The Labute approximate surface area is 157 Å². The summed E-state index contributed by atoms with van der Waals surface area (Å²) in [5.74, 6) is -4.25. The van der Waals surface area contributed by atoms with Crippen LogP contribution in [0.5, 0.6) is 11.5 Å². The zero-order valence-corrected chi connectivity index (χ0v) is 14.9. The number of hydrogen-bond acceptors (Lipinski definition) is 10. The van der Waals surface area contributed by atoms with E-state index in [2.05, 4.69) is 0 Å². The van der Waals surface area contributed by atoms with E-state index < -0.39 is 53.1 Å². The van der Waals surface area contributed by atoms with Gasteiger partial charge in [0.25, 0.3) is 0 Å². The summed E-state index contributed by atoms with van der Waals surface area (Å²) in [6, 6.07) is 0.916. The molecule has 0 saturated heterocycles. The smallest absolute Gasteiger partial charge is 0.352 e. The summed E-state index contributed by atoms with van der Waals surface area (Å²) in [5.41, 5.74) is -2.23. The maximum absolute atomic E-state index is 12.5. The Morgan fingerprint density at radius 1 is 1.14 bits per heavy atom. The minimum Gasteiger partial charge on any atom is -0.504 e. The SMILES string of the molecule is CCOC(=O)Cc1c2c3c(cc(O)c(O)c3oc1=O)C(=O)O[C@@H]2C(=O)OCC. The van der Waals surface area contributed by atoms with E-state index in [1.807, 2.05) is 0 Å². The van der Waals surface area contributed by atoms with Gasteiger partial charge in [-0.15, -0.1) is 0 Å². The van der Waals surface area contributed by atoms with E-state index in [-0.39, 0.29) is 35.3 Å².